The molecular formula is C22H20N4O4S. The van der Waals surface area contributed by atoms with Crippen molar-refractivity contribution in [3.63, 3.8) is 0 Å². The van der Waals surface area contributed by atoms with Crippen LogP contribution in [0.3, 0.4) is 0 Å². The Kier molecular flexibility index (Phi) is 4.44. The van der Waals surface area contributed by atoms with Crippen molar-refractivity contribution in [3.8, 4) is 5.75 Å². The van der Waals surface area contributed by atoms with E-state index in [0.717, 1.165) is 25.0 Å². The summed E-state index contributed by atoms with van der Waals surface area (Å²) in [6, 6.07) is 13.1. The summed E-state index contributed by atoms with van der Waals surface area (Å²) >= 11 is 0. The number of fused-ring (bicyclic) bond motifs is 2. The third kappa shape index (κ3) is 3.21. The molecule has 0 radical (unpaired) electrons. The van der Waals surface area contributed by atoms with E-state index in [1.165, 1.54) is 10.7 Å². The second kappa shape index (κ2) is 7.05. The van der Waals surface area contributed by atoms with Crippen LogP contribution in [0, 0.1) is 5.92 Å². The van der Waals surface area contributed by atoms with Crippen molar-refractivity contribution in [2.24, 2.45) is 15.4 Å². The van der Waals surface area contributed by atoms with Crippen molar-refractivity contribution < 1.29 is 13.5 Å². The Bertz CT molecular complexity index is 1450. The zero-order valence-electron chi connectivity index (χ0n) is 16.7. The third-order valence-corrected chi connectivity index (χ3v) is 6.98. The fourth-order valence-corrected chi connectivity index (χ4v) is 5.22. The number of anilines is 1. The van der Waals surface area contributed by atoms with E-state index in [0.29, 0.717) is 22.5 Å². The van der Waals surface area contributed by atoms with Gasteiger partial charge in [-0.05, 0) is 49.4 Å². The Morgan fingerprint density at radius 2 is 1.90 bits per heavy atom. The van der Waals surface area contributed by atoms with Crippen LogP contribution in [0.2, 0.25) is 0 Å². The van der Waals surface area contributed by atoms with Crippen molar-refractivity contribution in [2.45, 2.75) is 31.1 Å². The molecule has 8 nitrogen and oxygen atoms in total. The minimum absolute atomic E-state index is 0.0135. The number of para-hydroxylation sites is 2. The van der Waals surface area contributed by atoms with Crippen molar-refractivity contribution in [1.29, 1.82) is 0 Å². The topological polar surface area (TPSA) is 113 Å². The maximum absolute atomic E-state index is 13.5. The predicted molar refractivity (Wildman–Crippen MR) is 120 cm³/mol. The molecule has 158 valence electrons. The summed E-state index contributed by atoms with van der Waals surface area (Å²) in [6.45, 7) is 2.13. The quantitative estimate of drug-likeness (QED) is 0.640. The Balaban J connectivity index is 1.78. The number of rotatable bonds is 2. The number of benzene rings is 2. The van der Waals surface area contributed by atoms with E-state index in [-0.39, 0.29) is 22.0 Å². The first kappa shape index (κ1) is 19.5. The van der Waals surface area contributed by atoms with Gasteiger partial charge in [0.25, 0.3) is 15.6 Å². The highest BCUT2D eigenvalue weighted by molar-refractivity contribution is 7.90. The summed E-state index contributed by atoms with van der Waals surface area (Å²) in [7, 11) is -4.04. The standard InChI is InChI=1S/C22H20N4O4S/c1-13-10-11-14(12-13)24-26-17-8-4-2-6-15(17)20(27)19(22(26)28)21-23-16-7-3-5-9-18(16)31(29,30)25-21/h2-9,13,27H,10-12H2,1H3,(H,23,25). The number of aromatic hydroxyl groups is 1. The lowest BCUT2D eigenvalue weighted by atomic mass is 10.1. The molecule has 9 heteroatoms. The summed E-state index contributed by atoms with van der Waals surface area (Å²) in [5.41, 5.74) is 0.770. The fraction of sp³-hybridized carbons (Fsp3) is 0.227. The van der Waals surface area contributed by atoms with Crippen LogP contribution in [-0.2, 0) is 10.0 Å². The van der Waals surface area contributed by atoms with E-state index < -0.39 is 15.6 Å². The van der Waals surface area contributed by atoms with Gasteiger partial charge in [-0.1, -0.05) is 31.2 Å². The largest absolute Gasteiger partial charge is 0.506 e. The molecule has 1 aliphatic carbocycles. The van der Waals surface area contributed by atoms with Gasteiger partial charge in [-0.2, -0.15) is 18.2 Å². The number of hydrogen-bond donors (Lipinski definition) is 2. The molecule has 1 atom stereocenters. The van der Waals surface area contributed by atoms with E-state index in [4.69, 9.17) is 0 Å². The molecule has 2 aromatic carbocycles. The van der Waals surface area contributed by atoms with Gasteiger partial charge in [0.1, 0.15) is 16.2 Å². The molecule has 31 heavy (non-hydrogen) atoms. The molecule has 1 aliphatic heterocycles. The van der Waals surface area contributed by atoms with Gasteiger partial charge in [0, 0.05) is 11.1 Å². The van der Waals surface area contributed by atoms with Gasteiger partial charge < -0.3 is 10.4 Å². The fourth-order valence-electron chi connectivity index (χ4n) is 4.10. The van der Waals surface area contributed by atoms with Crippen molar-refractivity contribution in [3.05, 3.63) is 64.4 Å². The summed E-state index contributed by atoms with van der Waals surface area (Å²) < 4.78 is 30.4. The van der Waals surface area contributed by atoms with Crippen LogP contribution in [0.25, 0.3) is 10.9 Å². The molecule has 2 heterocycles. The molecule has 2 N–H and O–H groups in total. The van der Waals surface area contributed by atoms with Crippen LogP contribution in [0.1, 0.15) is 31.7 Å². The predicted octanol–water partition coefficient (Wildman–Crippen LogP) is 3.29. The molecule has 3 aromatic rings. The summed E-state index contributed by atoms with van der Waals surface area (Å²) in [5.74, 6) is -0.0679. The average Bonchev–Trinajstić information content (AvgIpc) is 3.16. The molecule has 0 spiro atoms. The second-order valence-corrected chi connectivity index (χ2v) is 9.48. The first-order valence-corrected chi connectivity index (χ1v) is 11.4. The SMILES string of the molecule is CC1CCC(=Nn2c(=O)c(C3=NS(=O)(=O)c4ccccc4N3)c(O)c3ccccc32)C1. The Morgan fingerprint density at radius 3 is 2.68 bits per heavy atom. The van der Waals surface area contributed by atoms with Crippen molar-refractivity contribution in [1.82, 2.24) is 4.68 Å². The molecule has 1 aromatic heterocycles. The lowest BCUT2D eigenvalue weighted by Gasteiger charge is -2.19. The molecule has 2 aliphatic rings. The average molecular weight is 436 g/mol. The Morgan fingerprint density at radius 1 is 1.16 bits per heavy atom. The van der Waals surface area contributed by atoms with Gasteiger partial charge in [0.15, 0.2) is 5.84 Å². The van der Waals surface area contributed by atoms with Gasteiger partial charge in [0.2, 0.25) is 0 Å². The highest BCUT2D eigenvalue weighted by atomic mass is 32.2. The van der Waals surface area contributed by atoms with Gasteiger partial charge in [-0.25, -0.2) is 0 Å². The minimum Gasteiger partial charge on any atom is -0.506 e. The number of nitrogens with one attached hydrogen (secondary N) is 1. The van der Waals surface area contributed by atoms with E-state index >= 15 is 0 Å². The lowest BCUT2D eigenvalue weighted by Crippen LogP contribution is -2.31. The highest BCUT2D eigenvalue weighted by Crippen LogP contribution is 2.32. The normalized spacial score (nSPS) is 21.0. The molecule has 0 bridgehead atoms. The molecular weight excluding hydrogens is 416 g/mol. The van der Waals surface area contributed by atoms with Crippen LogP contribution in [0.5, 0.6) is 5.75 Å². The number of amidine groups is 1. The van der Waals surface area contributed by atoms with Gasteiger partial charge >= 0.3 is 0 Å². The molecule has 0 saturated heterocycles. The van der Waals surface area contributed by atoms with Crippen LogP contribution >= 0.6 is 0 Å². The first-order valence-electron chi connectivity index (χ1n) is 10.00. The Hall–Kier alpha value is -3.46. The molecule has 5 rings (SSSR count). The number of nitrogens with zero attached hydrogens (tertiary/aromatic N) is 3. The zero-order valence-corrected chi connectivity index (χ0v) is 17.6. The van der Waals surface area contributed by atoms with Crippen molar-refractivity contribution >= 4 is 38.2 Å². The maximum Gasteiger partial charge on any atom is 0.286 e. The van der Waals surface area contributed by atoms with E-state index in [2.05, 4.69) is 21.7 Å². The molecule has 1 fully saturated rings. The smallest absolute Gasteiger partial charge is 0.286 e. The number of hydrogen-bond acceptors (Lipinski definition) is 6. The molecule has 1 saturated carbocycles. The Labute approximate surface area is 178 Å². The third-order valence-electron chi connectivity index (χ3n) is 5.65. The maximum atomic E-state index is 13.5. The van der Waals surface area contributed by atoms with E-state index in [9.17, 15) is 18.3 Å². The first-order chi connectivity index (χ1) is 14.8. The summed E-state index contributed by atoms with van der Waals surface area (Å²) in [5, 5.41) is 18.8. The van der Waals surface area contributed by atoms with Crippen molar-refractivity contribution in [2.75, 3.05) is 5.32 Å². The van der Waals surface area contributed by atoms with Crippen LogP contribution in [0.15, 0.2) is 67.7 Å². The van der Waals surface area contributed by atoms with Gasteiger partial charge in [-0.15, -0.1) is 4.40 Å². The number of pyridine rings is 1. The van der Waals surface area contributed by atoms with E-state index in [1.807, 2.05) is 0 Å². The minimum atomic E-state index is -4.04. The summed E-state index contributed by atoms with van der Waals surface area (Å²) in [4.78, 5) is 13.5. The number of aromatic nitrogens is 1. The monoisotopic (exact) mass is 436 g/mol. The lowest BCUT2D eigenvalue weighted by molar-refractivity contribution is 0.478. The molecule has 0 amide bonds. The van der Waals surface area contributed by atoms with Crippen LogP contribution in [0.4, 0.5) is 5.69 Å². The second-order valence-electron chi connectivity index (χ2n) is 7.91. The zero-order chi connectivity index (χ0) is 21.8. The highest BCUT2D eigenvalue weighted by Gasteiger charge is 2.30. The molecule has 1 unspecified atom stereocenters. The number of sulfonamides is 1. The van der Waals surface area contributed by atoms with Crippen LogP contribution in [-0.4, -0.2) is 29.7 Å². The van der Waals surface area contributed by atoms with Crippen LogP contribution < -0.4 is 10.9 Å². The van der Waals surface area contributed by atoms with Gasteiger partial charge in [-0.3, -0.25) is 4.79 Å². The summed E-state index contributed by atoms with van der Waals surface area (Å²) in [6.07, 6.45) is 2.58. The van der Waals surface area contributed by atoms with Gasteiger partial charge in [0.05, 0.1) is 11.2 Å². The van der Waals surface area contributed by atoms with E-state index in [1.54, 1.807) is 42.5 Å².